The third-order valence-corrected chi connectivity index (χ3v) is 5.16. The highest BCUT2D eigenvalue weighted by Gasteiger charge is 2.25. The van der Waals surface area contributed by atoms with Crippen LogP contribution in [0.1, 0.15) is 77.6 Å². The van der Waals surface area contributed by atoms with Crippen molar-refractivity contribution in [1.29, 1.82) is 0 Å². The van der Waals surface area contributed by atoms with Crippen LogP contribution in [0.5, 0.6) is 0 Å². The Labute approximate surface area is 161 Å². The molecule has 0 atom stereocenters. The van der Waals surface area contributed by atoms with Gasteiger partial charge in [0.1, 0.15) is 7.05 Å². The molecule has 1 aromatic heterocycles. The van der Waals surface area contributed by atoms with Gasteiger partial charge in [-0.1, -0.05) is 67.5 Å². The molecule has 1 nitrogen and oxygen atoms in total. The lowest BCUT2D eigenvalue weighted by Gasteiger charge is -2.23. The second-order valence-electron chi connectivity index (χ2n) is 10.3. The van der Waals surface area contributed by atoms with Crippen LogP contribution in [0.15, 0.2) is 30.5 Å². The molecule has 0 unspecified atom stereocenters. The highest BCUT2D eigenvalue weighted by Crippen LogP contribution is 2.32. The fourth-order valence-corrected chi connectivity index (χ4v) is 3.66. The van der Waals surface area contributed by atoms with Crippen LogP contribution in [0.3, 0.4) is 0 Å². The van der Waals surface area contributed by atoms with Crippen LogP contribution in [0, 0.1) is 12.8 Å². The van der Waals surface area contributed by atoms with Gasteiger partial charge in [0.25, 0.3) is 0 Å². The molecule has 0 saturated heterocycles. The summed E-state index contributed by atoms with van der Waals surface area (Å²) in [6.07, 6.45) is 3.48. The molecule has 0 fully saturated rings. The van der Waals surface area contributed by atoms with Crippen LogP contribution in [-0.2, 0) is 24.3 Å². The first-order valence-electron chi connectivity index (χ1n) is 9.95. The van der Waals surface area contributed by atoms with Gasteiger partial charge in [-0.05, 0) is 52.8 Å². The normalized spacial score (nSPS) is 12.7. The van der Waals surface area contributed by atoms with Gasteiger partial charge in [0.05, 0.1) is 0 Å². The summed E-state index contributed by atoms with van der Waals surface area (Å²) in [6, 6.07) is 9.39. The first-order chi connectivity index (χ1) is 11.8. The first kappa shape index (κ1) is 20.7. The maximum absolute atomic E-state index is 2.43. The number of hydrogen-bond acceptors (Lipinski definition) is 0. The molecular formula is C25H38N+. The van der Waals surface area contributed by atoms with Gasteiger partial charge in [-0.25, -0.2) is 4.57 Å². The van der Waals surface area contributed by atoms with Crippen molar-refractivity contribution in [1.82, 2.24) is 0 Å². The Morgan fingerprint density at radius 2 is 1.54 bits per heavy atom. The van der Waals surface area contributed by atoms with Gasteiger partial charge in [0.15, 0.2) is 6.20 Å². The average molecular weight is 353 g/mol. The number of aromatic nitrogens is 1. The summed E-state index contributed by atoms with van der Waals surface area (Å²) in [5, 5.41) is 0. The Morgan fingerprint density at radius 3 is 2.00 bits per heavy atom. The van der Waals surface area contributed by atoms with Gasteiger partial charge in [0, 0.05) is 17.2 Å². The predicted octanol–water partition coefficient (Wildman–Crippen LogP) is 6.28. The van der Waals surface area contributed by atoms with Crippen molar-refractivity contribution in [3.63, 3.8) is 0 Å². The quantitative estimate of drug-likeness (QED) is 0.572. The first-order valence-corrected chi connectivity index (χ1v) is 9.95. The molecule has 1 heteroatoms. The molecule has 0 saturated carbocycles. The van der Waals surface area contributed by atoms with E-state index in [0.717, 1.165) is 6.42 Å². The predicted molar refractivity (Wildman–Crippen MR) is 114 cm³/mol. The lowest BCUT2D eigenvalue weighted by Crippen LogP contribution is -2.34. The summed E-state index contributed by atoms with van der Waals surface area (Å²) in [6.45, 7) is 20.6. The minimum atomic E-state index is 0.158. The molecule has 0 amide bonds. The Kier molecular flexibility index (Phi) is 5.71. The smallest absolute Gasteiger partial charge is 0.201 e. The zero-order valence-corrected chi connectivity index (χ0v) is 18.6. The SMILES string of the molecule is Cc1cc(C(C)(C)C)ccc1-c1cc(CC(C)C)c(C(C)(C)C)c[n+]1C. The van der Waals surface area contributed by atoms with E-state index < -0.39 is 0 Å². The molecular weight excluding hydrogens is 314 g/mol. The van der Waals surface area contributed by atoms with E-state index in [1.54, 1.807) is 0 Å². The Hall–Kier alpha value is -1.63. The van der Waals surface area contributed by atoms with E-state index in [-0.39, 0.29) is 10.8 Å². The van der Waals surface area contributed by atoms with E-state index in [0.29, 0.717) is 5.92 Å². The third-order valence-electron chi connectivity index (χ3n) is 5.16. The minimum Gasteiger partial charge on any atom is -0.201 e. The lowest BCUT2D eigenvalue weighted by atomic mass is 9.81. The molecule has 26 heavy (non-hydrogen) atoms. The fourth-order valence-electron chi connectivity index (χ4n) is 3.66. The summed E-state index contributed by atoms with van der Waals surface area (Å²) < 4.78 is 2.31. The number of hydrogen-bond donors (Lipinski definition) is 0. The van der Waals surface area contributed by atoms with Gasteiger partial charge in [0.2, 0.25) is 5.69 Å². The summed E-state index contributed by atoms with van der Waals surface area (Å²) in [5.41, 5.74) is 8.69. The number of pyridine rings is 1. The molecule has 1 heterocycles. The van der Waals surface area contributed by atoms with E-state index in [2.05, 4.69) is 104 Å². The van der Waals surface area contributed by atoms with E-state index in [9.17, 15) is 0 Å². The van der Waals surface area contributed by atoms with Crippen molar-refractivity contribution in [3.8, 4) is 11.3 Å². The molecule has 0 aliphatic carbocycles. The van der Waals surface area contributed by atoms with E-state index >= 15 is 0 Å². The number of rotatable bonds is 3. The van der Waals surface area contributed by atoms with Crippen LogP contribution in [0.4, 0.5) is 0 Å². The van der Waals surface area contributed by atoms with Gasteiger partial charge in [-0.15, -0.1) is 0 Å². The largest absolute Gasteiger partial charge is 0.212 e. The molecule has 0 aliphatic rings. The average Bonchev–Trinajstić information content (AvgIpc) is 2.46. The Balaban J connectivity index is 2.64. The standard InChI is InChI=1S/C25H38N/c1-17(2)13-19-15-23(26(10)16-22(19)25(7,8)9)21-12-11-20(14-18(21)3)24(4,5)6/h11-12,14-17H,13H2,1-10H3/q+1. The summed E-state index contributed by atoms with van der Waals surface area (Å²) in [4.78, 5) is 0. The zero-order chi connectivity index (χ0) is 19.9. The maximum atomic E-state index is 2.43. The highest BCUT2D eigenvalue weighted by molar-refractivity contribution is 5.63. The Bertz CT molecular complexity index is 783. The summed E-state index contributed by atoms with van der Waals surface area (Å²) in [5.74, 6) is 0.654. The van der Waals surface area contributed by atoms with Gasteiger partial charge in [-0.2, -0.15) is 0 Å². The van der Waals surface area contributed by atoms with Gasteiger partial charge in [-0.3, -0.25) is 0 Å². The van der Waals surface area contributed by atoms with Crippen molar-refractivity contribution in [2.75, 3.05) is 0 Å². The fraction of sp³-hybridized carbons (Fsp3) is 0.560. The van der Waals surface area contributed by atoms with Crippen molar-refractivity contribution in [3.05, 3.63) is 52.7 Å². The molecule has 0 radical (unpaired) electrons. The monoisotopic (exact) mass is 352 g/mol. The van der Waals surface area contributed by atoms with Crippen LogP contribution in [-0.4, -0.2) is 0 Å². The summed E-state index contributed by atoms with van der Waals surface area (Å²) in [7, 11) is 2.18. The molecule has 0 N–H and O–H groups in total. The lowest BCUT2D eigenvalue weighted by molar-refractivity contribution is -0.661. The van der Waals surface area contributed by atoms with Crippen LogP contribution < -0.4 is 4.57 Å². The topological polar surface area (TPSA) is 3.88 Å². The maximum Gasteiger partial charge on any atom is 0.212 e. The number of aryl methyl sites for hydroxylation is 2. The molecule has 0 aliphatic heterocycles. The van der Waals surface area contributed by atoms with E-state index in [4.69, 9.17) is 0 Å². The molecule has 0 bridgehead atoms. The summed E-state index contributed by atoms with van der Waals surface area (Å²) >= 11 is 0. The minimum absolute atomic E-state index is 0.158. The van der Waals surface area contributed by atoms with Crippen molar-refractivity contribution in [2.24, 2.45) is 13.0 Å². The van der Waals surface area contributed by atoms with Crippen LogP contribution in [0.2, 0.25) is 0 Å². The van der Waals surface area contributed by atoms with Crippen molar-refractivity contribution < 1.29 is 4.57 Å². The number of nitrogens with zero attached hydrogens (tertiary/aromatic N) is 1. The van der Waals surface area contributed by atoms with Crippen molar-refractivity contribution >= 4 is 0 Å². The molecule has 2 aromatic rings. The van der Waals surface area contributed by atoms with E-state index in [1.165, 1.54) is 33.5 Å². The molecule has 2 rings (SSSR count). The number of benzene rings is 1. The van der Waals surface area contributed by atoms with Crippen LogP contribution in [0.25, 0.3) is 11.3 Å². The Morgan fingerprint density at radius 1 is 0.923 bits per heavy atom. The van der Waals surface area contributed by atoms with Gasteiger partial charge >= 0.3 is 0 Å². The molecule has 1 aromatic carbocycles. The van der Waals surface area contributed by atoms with Crippen molar-refractivity contribution in [2.45, 2.75) is 79.6 Å². The van der Waals surface area contributed by atoms with E-state index in [1.807, 2.05) is 0 Å². The second kappa shape index (κ2) is 7.18. The molecule has 0 spiro atoms. The highest BCUT2D eigenvalue weighted by atomic mass is 14.9. The van der Waals surface area contributed by atoms with Crippen LogP contribution >= 0.6 is 0 Å². The zero-order valence-electron chi connectivity index (χ0n) is 18.6. The second-order valence-corrected chi connectivity index (χ2v) is 10.3. The third kappa shape index (κ3) is 4.55. The molecule has 142 valence electrons. The van der Waals surface area contributed by atoms with Gasteiger partial charge < -0.3 is 0 Å².